The van der Waals surface area contributed by atoms with Crippen molar-refractivity contribution < 1.29 is 4.79 Å². The maximum atomic E-state index is 13.4. The van der Waals surface area contributed by atoms with Gasteiger partial charge in [-0.2, -0.15) is 0 Å². The lowest BCUT2D eigenvalue weighted by Crippen LogP contribution is -2.42. The molecule has 0 spiro atoms. The van der Waals surface area contributed by atoms with Crippen molar-refractivity contribution in [1.29, 1.82) is 0 Å². The van der Waals surface area contributed by atoms with E-state index in [-0.39, 0.29) is 11.9 Å². The molecular weight excluding hydrogens is 372 g/mol. The number of piperidine rings is 1. The van der Waals surface area contributed by atoms with Crippen molar-refractivity contribution >= 4 is 39.9 Å². The number of anilines is 2. The Labute approximate surface area is 169 Å². The highest BCUT2D eigenvalue weighted by molar-refractivity contribution is 6.30. The molecule has 0 radical (unpaired) electrons. The molecule has 1 atom stereocenters. The van der Waals surface area contributed by atoms with Crippen LogP contribution in [0.25, 0.3) is 11.0 Å². The quantitative estimate of drug-likeness (QED) is 0.650. The number of carbonyl (C=O) groups is 1. The monoisotopic (exact) mass is 394 g/mol. The topological polar surface area (TPSA) is 58.1 Å². The Kier molecular flexibility index (Phi) is 5.18. The van der Waals surface area contributed by atoms with Crippen molar-refractivity contribution in [2.24, 2.45) is 0 Å². The van der Waals surface area contributed by atoms with E-state index in [2.05, 4.69) is 22.2 Å². The molecule has 1 amide bonds. The molecule has 0 saturated carbocycles. The number of aryl methyl sites for hydroxylation is 1. The Morgan fingerprint density at radius 2 is 1.96 bits per heavy atom. The number of fused-ring (bicyclic) bond motifs is 1. The lowest BCUT2D eigenvalue weighted by atomic mass is 10.0. The second-order valence-electron chi connectivity index (χ2n) is 7.35. The van der Waals surface area contributed by atoms with Crippen LogP contribution in [0.4, 0.5) is 11.4 Å². The molecule has 6 heteroatoms. The van der Waals surface area contributed by atoms with Crippen molar-refractivity contribution in [3.05, 3.63) is 58.9 Å². The summed E-state index contributed by atoms with van der Waals surface area (Å²) in [6.45, 7) is 4.83. The molecule has 5 nitrogen and oxygen atoms in total. The smallest absolute Gasteiger partial charge is 0.257 e. The van der Waals surface area contributed by atoms with Gasteiger partial charge in [0.2, 0.25) is 0 Å². The van der Waals surface area contributed by atoms with Crippen molar-refractivity contribution in [1.82, 2.24) is 14.9 Å². The zero-order chi connectivity index (χ0) is 19.7. The fourth-order valence-corrected chi connectivity index (χ4v) is 3.83. The first-order valence-electron chi connectivity index (χ1n) is 9.63. The number of hydrogen-bond donors (Lipinski definition) is 1. The third-order valence-electron chi connectivity index (χ3n) is 5.28. The van der Waals surface area contributed by atoms with Crippen LogP contribution in [0.2, 0.25) is 5.02 Å². The largest absolute Gasteiger partial charge is 0.354 e. The third kappa shape index (κ3) is 3.67. The number of nitrogens with zero attached hydrogens (tertiary/aromatic N) is 3. The van der Waals surface area contributed by atoms with E-state index in [1.807, 2.05) is 48.2 Å². The fraction of sp³-hybridized carbons (Fsp3) is 0.318. The Morgan fingerprint density at radius 3 is 2.71 bits per heavy atom. The predicted octanol–water partition coefficient (Wildman–Crippen LogP) is 5.35. The molecule has 0 unspecified atom stereocenters. The third-order valence-corrected chi connectivity index (χ3v) is 5.53. The van der Waals surface area contributed by atoms with Crippen LogP contribution < -0.4 is 5.32 Å². The number of carbonyl (C=O) groups excluding carboxylic acids is 1. The molecule has 28 heavy (non-hydrogen) atoms. The van der Waals surface area contributed by atoms with Crippen molar-refractivity contribution in [3.8, 4) is 0 Å². The van der Waals surface area contributed by atoms with Crippen LogP contribution in [0.5, 0.6) is 0 Å². The molecule has 1 saturated heterocycles. The molecule has 1 aromatic carbocycles. The highest BCUT2D eigenvalue weighted by atomic mass is 35.5. The summed E-state index contributed by atoms with van der Waals surface area (Å²) in [4.78, 5) is 24.4. The molecule has 3 aromatic rings. The number of halogens is 1. The minimum absolute atomic E-state index is 0.0126. The van der Waals surface area contributed by atoms with Gasteiger partial charge in [-0.15, -0.1) is 0 Å². The SMILES string of the molecule is Cc1ccc2c(Nc3ccc(Cl)cc3)c(C(=O)N3CCCC[C@H]3C)cnc2n1. The van der Waals surface area contributed by atoms with Gasteiger partial charge < -0.3 is 10.2 Å². The number of likely N-dealkylation sites (tertiary alicyclic amines) is 1. The highest BCUT2D eigenvalue weighted by Crippen LogP contribution is 2.31. The molecule has 144 valence electrons. The Morgan fingerprint density at radius 1 is 1.18 bits per heavy atom. The molecule has 1 aliphatic rings. The summed E-state index contributed by atoms with van der Waals surface area (Å²) in [7, 11) is 0. The zero-order valence-electron chi connectivity index (χ0n) is 16.1. The van der Waals surface area contributed by atoms with Gasteiger partial charge in [-0.05, 0) is 69.5 Å². The summed E-state index contributed by atoms with van der Waals surface area (Å²) >= 11 is 6.02. The second-order valence-corrected chi connectivity index (χ2v) is 7.78. The van der Waals surface area contributed by atoms with Gasteiger partial charge in [0.1, 0.15) is 0 Å². The Bertz CT molecular complexity index is 1020. The van der Waals surface area contributed by atoms with Gasteiger partial charge in [0.15, 0.2) is 5.65 Å². The van der Waals surface area contributed by atoms with Crippen molar-refractivity contribution in [2.75, 3.05) is 11.9 Å². The van der Waals surface area contributed by atoms with E-state index in [9.17, 15) is 4.79 Å². The predicted molar refractivity (Wildman–Crippen MR) is 113 cm³/mol. The Hall–Kier alpha value is -2.66. The molecule has 0 aliphatic carbocycles. The van der Waals surface area contributed by atoms with Crippen LogP contribution in [0.15, 0.2) is 42.6 Å². The van der Waals surface area contributed by atoms with E-state index >= 15 is 0 Å². The number of aromatic nitrogens is 2. The standard InChI is InChI=1S/C22H23ClN4O/c1-14-6-11-18-20(26-17-9-7-16(23)8-10-17)19(13-24-21(18)25-14)22(28)27-12-4-3-5-15(27)2/h6-11,13,15H,3-5,12H2,1-2H3,(H,24,25,26)/t15-/m1/s1. The van der Waals surface area contributed by atoms with Crippen LogP contribution in [-0.4, -0.2) is 33.4 Å². The number of benzene rings is 1. The average Bonchev–Trinajstić information content (AvgIpc) is 2.69. The molecule has 3 heterocycles. The van der Waals surface area contributed by atoms with Gasteiger partial charge in [-0.1, -0.05) is 11.6 Å². The van der Waals surface area contributed by atoms with E-state index in [1.165, 1.54) is 6.42 Å². The highest BCUT2D eigenvalue weighted by Gasteiger charge is 2.27. The molecule has 1 aliphatic heterocycles. The number of hydrogen-bond acceptors (Lipinski definition) is 4. The fourth-order valence-electron chi connectivity index (χ4n) is 3.70. The minimum atomic E-state index is 0.0126. The molecular formula is C22H23ClN4O. The van der Waals surface area contributed by atoms with Gasteiger partial charge in [0, 0.05) is 40.6 Å². The molecule has 4 rings (SSSR count). The lowest BCUT2D eigenvalue weighted by Gasteiger charge is -2.34. The minimum Gasteiger partial charge on any atom is -0.354 e. The number of pyridine rings is 2. The summed E-state index contributed by atoms with van der Waals surface area (Å²) < 4.78 is 0. The van der Waals surface area contributed by atoms with E-state index in [1.54, 1.807) is 6.20 Å². The van der Waals surface area contributed by atoms with E-state index < -0.39 is 0 Å². The summed E-state index contributed by atoms with van der Waals surface area (Å²) in [5.41, 5.74) is 3.68. The number of amides is 1. The molecule has 2 aromatic heterocycles. The molecule has 1 N–H and O–H groups in total. The summed E-state index contributed by atoms with van der Waals surface area (Å²) in [6.07, 6.45) is 4.89. The first-order chi connectivity index (χ1) is 13.5. The van der Waals surface area contributed by atoms with E-state index in [0.29, 0.717) is 16.2 Å². The number of rotatable bonds is 3. The molecule has 1 fully saturated rings. The summed E-state index contributed by atoms with van der Waals surface area (Å²) in [6, 6.07) is 11.6. The van der Waals surface area contributed by atoms with Crippen LogP contribution in [0.3, 0.4) is 0 Å². The zero-order valence-corrected chi connectivity index (χ0v) is 16.8. The van der Waals surface area contributed by atoms with Crippen LogP contribution in [0.1, 0.15) is 42.2 Å². The molecule has 0 bridgehead atoms. The van der Waals surface area contributed by atoms with Gasteiger partial charge in [0.05, 0.1) is 11.3 Å². The van der Waals surface area contributed by atoms with E-state index in [0.717, 1.165) is 41.8 Å². The normalized spacial score (nSPS) is 17.0. The van der Waals surface area contributed by atoms with Crippen molar-refractivity contribution in [2.45, 2.75) is 39.2 Å². The lowest BCUT2D eigenvalue weighted by molar-refractivity contribution is 0.0636. The van der Waals surface area contributed by atoms with E-state index in [4.69, 9.17) is 11.6 Å². The first kappa shape index (κ1) is 18.7. The van der Waals surface area contributed by atoms with Crippen LogP contribution >= 0.6 is 11.6 Å². The Balaban J connectivity index is 1.81. The van der Waals surface area contributed by atoms with Crippen molar-refractivity contribution in [3.63, 3.8) is 0 Å². The maximum Gasteiger partial charge on any atom is 0.257 e. The van der Waals surface area contributed by atoms with Gasteiger partial charge in [0.25, 0.3) is 5.91 Å². The summed E-state index contributed by atoms with van der Waals surface area (Å²) in [5, 5.41) is 4.91. The first-order valence-corrected chi connectivity index (χ1v) is 10.0. The maximum absolute atomic E-state index is 13.4. The van der Waals surface area contributed by atoms with Gasteiger partial charge in [-0.25, -0.2) is 9.97 Å². The van der Waals surface area contributed by atoms with Gasteiger partial charge >= 0.3 is 0 Å². The summed E-state index contributed by atoms with van der Waals surface area (Å²) in [5.74, 6) is 0.0126. The van der Waals surface area contributed by atoms with Crippen LogP contribution in [-0.2, 0) is 0 Å². The average molecular weight is 395 g/mol. The second kappa shape index (κ2) is 7.76. The van der Waals surface area contributed by atoms with Crippen LogP contribution in [0, 0.1) is 6.92 Å². The van der Waals surface area contributed by atoms with Gasteiger partial charge in [-0.3, -0.25) is 4.79 Å². The number of nitrogens with one attached hydrogen (secondary N) is 1.